The van der Waals surface area contributed by atoms with Crippen LogP contribution in [0.1, 0.15) is 6.92 Å². The van der Waals surface area contributed by atoms with E-state index in [2.05, 4.69) is 10.3 Å². The van der Waals surface area contributed by atoms with Gasteiger partial charge in [0.2, 0.25) is 0 Å². The van der Waals surface area contributed by atoms with Crippen molar-refractivity contribution in [2.45, 2.75) is 13.0 Å². The Morgan fingerprint density at radius 3 is 2.94 bits per heavy atom. The fraction of sp³-hybridized carbons (Fsp3) is 0.250. The van der Waals surface area contributed by atoms with Gasteiger partial charge in [0.15, 0.2) is 0 Å². The van der Waals surface area contributed by atoms with Gasteiger partial charge in [-0.2, -0.15) is 0 Å². The van der Waals surface area contributed by atoms with Crippen LogP contribution in [0, 0.1) is 10.1 Å². The summed E-state index contributed by atoms with van der Waals surface area (Å²) in [6, 6.07) is 6.41. The highest BCUT2D eigenvalue weighted by Crippen LogP contribution is 2.29. The van der Waals surface area contributed by atoms with Crippen LogP contribution in [0.3, 0.4) is 0 Å². The van der Waals surface area contributed by atoms with E-state index in [1.54, 1.807) is 18.2 Å². The maximum atomic E-state index is 10.9. The second kappa shape index (κ2) is 4.97. The number of aromatic nitrogens is 1. The number of nitro benzene ring substituents is 1. The molecule has 18 heavy (non-hydrogen) atoms. The van der Waals surface area contributed by atoms with E-state index in [1.807, 2.05) is 6.92 Å². The van der Waals surface area contributed by atoms with Gasteiger partial charge in [0.1, 0.15) is 5.52 Å². The quantitative estimate of drug-likeness (QED) is 0.636. The molecule has 0 saturated heterocycles. The first kappa shape index (κ1) is 12.3. The van der Waals surface area contributed by atoms with Gasteiger partial charge in [0, 0.05) is 29.4 Å². The van der Waals surface area contributed by atoms with Gasteiger partial charge in [-0.25, -0.2) is 4.98 Å². The van der Waals surface area contributed by atoms with E-state index in [1.165, 1.54) is 12.3 Å². The minimum absolute atomic E-state index is 0.0151. The van der Waals surface area contributed by atoms with Crippen LogP contribution in [0.25, 0.3) is 10.9 Å². The number of pyridine rings is 1. The second-order valence-corrected chi connectivity index (χ2v) is 4.02. The maximum absolute atomic E-state index is 10.9. The van der Waals surface area contributed by atoms with Crippen molar-refractivity contribution in [2.24, 2.45) is 0 Å². The molecule has 2 N–H and O–H groups in total. The number of nitro groups is 1. The Kier molecular flexibility index (Phi) is 3.38. The number of nitrogens with zero attached hydrogens (tertiary/aromatic N) is 2. The van der Waals surface area contributed by atoms with Gasteiger partial charge in [0.25, 0.3) is 5.69 Å². The Hall–Kier alpha value is -2.21. The normalized spacial score (nSPS) is 12.3. The van der Waals surface area contributed by atoms with E-state index in [4.69, 9.17) is 5.11 Å². The van der Waals surface area contributed by atoms with Crippen molar-refractivity contribution in [3.63, 3.8) is 0 Å². The molecule has 1 unspecified atom stereocenters. The lowest BCUT2D eigenvalue weighted by Gasteiger charge is -2.14. The van der Waals surface area contributed by atoms with E-state index in [-0.39, 0.29) is 18.3 Å². The van der Waals surface area contributed by atoms with Crippen LogP contribution in [-0.4, -0.2) is 27.7 Å². The number of aliphatic hydroxyl groups is 1. The SMILES string of the molecule is CC(CO)Nc1ccc([N+](=O)[O-])c2ncccc12. The molecule has 1 heterocycles. The summed E-state index contributed by atoms with van der Waals surface area (Å²) >= 11 is 0. The predicted octanol–water partition coefficient (Wildman–Crippen LogP) is 1.94. The van der Waals surface area contributed by atoms with Crippen LogP contribution < -0.4 is 5.32 Å². The lowest BCUT2D eigenvalue weighted by atomic mass is 10.1. The summed E-state index contributed by atoms with van der Waals surface area (Å²) < 4.78 is 0. The second-order valence-electron chi connectivity index (χ2n) is 4.02. The predicted molar refractivity (Wildman–Crippen MR) is 68.6 cm³/mol. The Morgan fingerprint density at radius 1 is 1.50 bits per heavy atom. The molecular formula is C12H13N3O3. The average molecular weight is 247 g/mol. The van der Waals surface area contributed by atoms with Gasteiger partial charge >= 0.3 is 0 Å². The number of non-ortho nitro benzene ring substituents is 1. The van der Waals surface area contributed by atoms with Crippen molar-refractivity contribution in [3.05, 3.63) is 40.6 Å². The lowest BCUT2D eigenvalue weighted by Crippen LogP contribution is -2.19. The smallest absolute Gasteiger partial charge is 0.295 e. The minimum atomic E-state index is -0.450. The van der Waals surface area contributed by atoms with Crippen molar-refractivity contribution < 1.29 is 10.0 Å². The van der Waals surface area contributed by atoms with Crippen LogP contribution in [0.5, 0.6) is 0 Å². The number of hydrogen-bond acceptors (Lipinski definition) is 5. The summed E-state index contributed by atoms with van der Waals surface area (Å²) in [5.74, 6) is 0. The molecule has 6 nitrogen and oxygen atoms in total. The van der Waals surface area contributed by atoms with Crippen LogP contribution in [-0.2, 0) is 0 Å². The molecule has 0 aliphatic heterocycles. The number of rotatable bonds is 4. The number of fused-ring (bicyclic) bond motifs is 1. The van der Waals surface area contributed by atoms with Crippen LogP contribution in [0.4, 0.5) is 11.4 Å². The van der Waals surface area contributed by atoms with Gasteiger partial charge in [-0.15, -0.1) is 0 Å². The molecule has 0 spiro atoms. The summed E-state index contributed by atoms with van der Waals surface area (Å²) in [4.78, 5) is 14.5. The molecule has 0 aliphatic rings. The monoisotopic (exact) mass is 247 g/mol. The van der Waals surface area contributed by atoms with E-state index >= 15 is 0 Å². The van der Waals surface area contributed by atoms with Crippen LogP contribution >= 0.6 is 0 Å². The molecular weight excluding hydrogens is 234 g/mol. The molecule has 0 radical (unpaired) electrons. The topological polar surface area (TPSA) is 88.3 Å². The molecule has 1 aromatic carbocycles. The van der Waals surface area contributed by atoms with Crippen molar-refractivity contribution in [3.8, 4) is 0 Å². The van der Waals surface area contributed by atoms with Crippen molar-refractivity contribution in [1.82, 2.24) is 4.98 Å². The molecule has 2 rings (SSSR count). The van der Waals surface area contributed by atoms with E-state index in [9.17, 15) is 10.1 Å². The van der Waals surface area contributed by atoms with Crippen LogP contribution in [0.15, 0.2) is 30.5 Å². The highest BCUT2D eigenvalue weighted by molar-refractivity contribution is 5.96. The number of anilines is 1. The third-order valence-electron chi connectivity index (χ3n) is 2.62. The Labute approximate surface area is 103 Å². The number of aliphatic hydroxyl groups excluding tert-OH is 1. The fourth-order valence-corrected chi connectivity index (χ4v) is 1.74. The standard InChI is InChI=1S/C12H13N3O3/c1-8(7-16)14-10-4-5-11(15(17)18)12-9(10)3-2-6-13-12/h2-6,8,14,16H,7H2,1H3. The zero-order chi connectivity index (χ0) is 13.1. The third kappa shape index (κ3) is 2.23. The highest BCUT2D eigenvalue weighted by Gasteiger charge is 2.15. The number of benzene rings is 1. The van der Waals surface area contributed by atoms with E-state index in [0.29, 0.717) is 10.9 Å². The molecule has 0 bridgehead atoms. The average Bonchev–Trinajstić information content (AvgIpc) is 2.38. The molecule has 94 valence electrons. The summed E-state index contributed by atoms with van der Waals surface area (Å²) in [6.07, 6.45) is 1.52. The zero-order valence-electron chi connectivity index (χ0n) is 9.83. The first-order valence-electron chi connectivity index (χ1n) is 5.53. The van der Waals surface area contributed by atoms with Gasteiger partial charge in [-0.3, -0.25) is 10.1 Å². The van der Waals surface area contributed by atoms with E-state index in [0.717, 1.165) is 5.69 Å². The third-order valence-corrected chi connectivity index (χ3v) is 2.62. The molecule has 2 aromatic rings. The lowest BCUT2D eigenvalue weighted by molar-refractivity contribution is -0.383. The largest absolute Gasteiger partial charge is 0.394 e. The van der Waals surface area contributed by atoms with Gasteiger partial charge in [0.05, 0.1) is 11.5 Å². The van der Waals surface area contributed by atoms with Gasteiger partial charge < -0.3 is 10.4 Å². The summed E-state index contributed by atoms with van der Waals surface area (Å²) in [6.45, 7) is 1.81. The Bertz CT molecular complexity index is 586. The summed E-state index contributed by atoms with van der Waals surface area (Å²) in [7, 11) is 0. The van der Waals surface area contributed by atoms with E-state index < -0.39 is 4.92 Å². The molecule has 0 amide bonds. The first-order valence-corrected chi connectivity index (χ1v) is 5.53. The molecule has 0 saturated carbocycles. The molecule has 1 atom stereocenters. The van der Waals surface area contributed by atoms with Crippen molar-refractivity contribution in [1.29, 1.82) is 0 Å². The molecule has 0 aliphatic carbocycles. The highest BCUT2D eigenvalue weighted by atomic mass is 16.6. The van der Waals surface area contributed by atoms with Crippen molar-refractivity contribution in [2.75, 3.05) is 11.9 Å². The van der Waals surface area contributed by atoms with Crippen molar-refractivity contribution >= 4 is 22.3 Å². The molecule has 6 heteroatoms. The first-order chi connectivity index (χ1) is 8.63. The zero-order valence-corrected chi connectivity index (χ0v) is 9.83. The molecule has 0 fully saturated rings. The van der Waals surface area contributed by atoms with Gasteiger partial charge in [-0.1, -0.05) is 0 Å². The summed E-state index contributed by atoms with van der Waals surface area (Å²) in [5.41, 5.74) is 1.05. The van der Waals surface area contributed by atoms with Crippen LogP contribution in [0.2, 0.25) is 0 Å². The Balaban J connectivity index is 2.57. The molecule has 1 aromatic heterocycles. The number of hydrogen-bond donors (Lipinski definition) is 2. The maximum Gasteiger partial charge on any atom is 0.295 e. The Morgan fingerprint density at radius 2 is 2.28 bits per heavy atom. The number of nitrogens with one attached hydrogen (secondary N) is 1. The minimum Gasteiger partial charge on any atom is -0.394 e. The van der Waals surface area contributed by atoms with Gasteiger partial charge in [-0.05, 0) is 25.1 Å². The fourth-order valence-electron chi connectivity index (χ4n) is 1.74. The summed E-state index contributed by atoms with van der Waals surface area (Å²) in [5, 5.41) is 23.7.